The van der Waals surface area contributed by atoms with E-state index in [4.69, 9.17) is 21.3 Å². The molecule has 1 amide bonds. The molecule has 0 atom stereocenters. The van der Waals surface area contributed by atoms with Crippen molar-refractivity contribution >= 4 is 28.5 Å². The van der Waals surface area contributed by atoms with Gasteiger partial charge in [-0.1, -0.05) is 60.7 Å². The van der Waals surface area contributed by atoms with Gasteiger partial charge in [-0.3, -0.25) is 15.6 Å². The lowest BCUT2D eigenvalue weighted by Gasteiger charge is -2.26. The number of para-hydroxylation sites is 1. The zero-order valence-electron chi connectivity index (χ0n) is 22.7. The predicted molar refractivity (Wildman–Crippen MR) is 158 cm³/mol. The van der Waals surface area contributed by atoms with E-state index in [-0.39, 0.29) is 31.3 Å². The first-order chi connectivity index (χ1) is 18.9. The molecule has 0 saturated heterocycles. The number of nitrogens with zero attached hydrogens (tertiary/aromatic N) is 1. The number of hydrogen-bond donors (Lipinski definition) is 5. The molecule has 3 aromatic carbocycles. The molecular formula is C31H38N6O2. The molecule has 0 radical (unpaired) electrons. The van der Waals surface area contributed by atoms with Gasteiger partial charge in [-0.05, 0) is 48.2 Å². The van der Waals surface area contributed by atoms with E-state index in [1.807, 2.05) is 66.9 Å². The van der Waals surface area contributed by atoms with Crippen molar-refractivity contribution in [3.05, 3.63) is 102 Å². The van der Waals surface area contributed by atoms with Gasteiger partial charge in [0.2, 0.25) is 5.91 Å². The van der Waals surface area contributed by atoms with Gasteiger partial charge in [0.05, 0.1) is 20.2 Å². The lowest BCUT2D eigenvalue weighted by Crippen LogP contribution is -2.42. The Morgan fingerprint density at radius 2 is 1.62 bits per heavy atom. The van der Waals surface area contributed by atoms with E-state index in [0.29, 0.717) is 25.2 Å². The summed E-state index contributed by atoms with van der Waals surface area (Å²) in [6.07, 6.45) is 3.47. The molecule has 39 heavy (non-hydrogen) atoms. The lowest BCUT2D eigenvalue weighted by molar-refractivity contribution is -0.120. The number of benzene rings is 3. The van der Waals surface area contributed by atoms with Crippen LogP contribution in [-0.4, -0.2) is 47.7 Å². The van der Waals surface area contributed by atoms with Crippen molar-refractivity contribution in [2.75, 3.05) is 20.2 Å². The molecule has 4 aromatic rings. The Balaban J connectivity index is 0.000000346. The molecule has 0 spiro atoms. The third kappa shape index (κ3) is 9.12. The molecule has 0 aliphatic carbocycles. The van der Waals surface area contributed by atoms with Crippen LogP contribution < -0.4 is 15.8 Å². The Kier molecular flexibility index (Phi) is 11.3. The first kappa shape index (κ1) is 29.1. The number of carbonyl (C=O) groups is 1. The van der Waals surface area contributed by atoms with Gasteiger partial charge in [0, 0.05) is 36.5 Å². The SMILES string of the molecule is COc1ccc(CN(C(=N)CCc2ccccc2)C(=N)CNC(=O)CCN)cc1.Cc1c[nH]c2ccccc12. The Morgan fingerprint density at radius 3 is 2.28 bits per heavy atom. The first-order valence-electron chi connectivity index (χ1n) is 13.0. The van der Waals surface area contributed by atoms with Crippen LogP contribution >= 0.6 is 0 Å². The van der Waals surface area contributed by atoms with Crippen molar-refractivity contribution in [3.63, 3.8) is 0 Å². The Labute approximate surface area is 230 Å². The van der Waals surface area contributed by atoms with E-state index in [1.165, 1.54) is 16.5 Å². The number of methoxy groups -OCH3 is 1. The number of H-pyrrole nitrogens is 1. The van der Waals surface area contributed by atoms with E-state index < -0.39 is 0 Å². The molecule has 0 saturated carbocycles. The minimum atomic E-state index is -0.197. The van der Waals surface area contributed by atoms with Crippen LogP contribution in [0.4, 0.5) is 0 Å². The molecule has 0 aliphatic heterocycles. The molecule has 1 heterocycles. The number of aromatic amines is 1. The number of amides is 1. The second-order valence-electron chi connectivity index (χ2n) is 9.15. The van der Waals surface area contributed by atoms with Gasteiger partial charge in [-0.2, -0.15) is 0 Å². The van der Waals surface area contributed by atoms with Gasteiger partial charge >= 0.3 is 0 Å². The van der Waals surface area contributed by atoms with E-state index in [0.717, 1.165) is 16.9 Å². The number of aromatic nitrogens is 1. The highest BCUT2D eigenvalue weighted by Crippen LogP contribution is 2.16. The Morgan fingerprint density at radius 1 is 0.923 bits per heavy atom. The van der Waals surface area contributed by atoms with E-state index >= 15 is 0 Å². The molecule has 0 fully saturated rings. The molecule has 1 aromatic heterocycles. The Hall–Kier alpha value is -4.43. The zero-order valence-corrected chi connectivity index (χ0v) is 22.7. The average Bonchev–Trinajstić information content (AvgIpc) is 3.35. The third-order valence-corrected chi connectivity index (χ3v) is 6.27. The number of hydrogen-bond acceptors (Lipinski definition) is 5. The molecule has 0 aliphatic rings. The molecule has 0 unspecified atom stereocenters. The number of fused-ring (bicyclic) bond motifs is 1. The number of aryl methyl sites for hydroxylation is 2. The fourth-order valence-electron chi connectivity index (χ4n) is 4.02. The highest BCUT2D eigenvalue weighted by atomic mass is 16.5. The monoisotopic (exact) mass is 526 g/mol. The summed E-state index contributed by atoms with van der Waals surface area (Å²) in [6, 6.07) is 25.8. The molecule has 8 nitrogen and oxygen atoms in total. The van der Waals surface area contributed by atoms with Crippen molar-refractivity contribution in [2.45, 2.75) is 32.7 Å². The largest absolute Gasteiger partial charge is 0.497 e. The molecule has 0 bridgehead atoms. The summed E-state index contributed by atoms with van der Waals surface area (Å²) in [5.41, 5.74) is 10.0. The molecule has 8 heteroatoms. The number of carbonyl (C=O) groups excluding carboxylic acids is 1. The number of ether oxygens (including phenoxy) is 1. The molecule has 204 valence electrons. The van der Waals surface area contributed by atoms with Crippen LogP contribution in [0.5, 0.6) is 5.75 Å². The number of rotatable bonds is 10. The van der Waals surface area contributed by atoms with Crippen LogP contribution in [0.15, 0.2) is 85.1 Å². The zero-order chi connectivity index (χ0) is 28.0. The number of amidine groups is 2. The maximum atomic E-state index is 11.7. The summed E-state index contributed by atoms with van der Waals surface area (Å²) in [4.78, 5) is 16.5. The minimum absolute atomic E-state index is 0.0582. The molecule has 4 rings (SSSR count). The molecule has 6 N–H and O–H groups in total. The van der Waals surface area contributed by atoms with E-state index in [1.54, 1.807) is 12.0 Å². The van der Waals surface area contributed by atoms with Gasteiger partial charge < -0.3 is 25.7 Å². The third-order valence-electron chi connectivity index (χ3n) is 6.27. The quantitative estimate of drug-likeness (QED) is 0.147. The van der Waals surface area contributed by atoms with Crippen molar-refractivity contribution < 1.29 is 9.53 Å². The standard InChI is InChI=1S/C22H29N5O2.C9H9N/c1-29-19-10-7-18(8-11-19)16-27(21(25)15-26-22(28)13-14-23)20(24)12-9-17-5-3-2-4-6-17;1-7-6-10-9-5-3-2-4-8(7)9/h2-8,10-11,24-25H,9,12-16,23H2,1H3,(H,26,28);2-6,10H,1H3. The fraction of sp³-hybridized carbons (Fsp3) is 0.258. The normalized spacial score (nSPS) is 10.3. The van der Waals surface area contributed by atoms with Crippen molar-refractivity contribution in [2.24, 2.45) is 5.73 Å². The summed E-state index contributed by atoms with van der Waals surface area (Å²) >= 11 is 0. The maximum Gasteiger partial charge on any atom is 0.221 e. The Bertz CT molecular complexity index is 1350. The predicted octanol–water partition coefficient (Wildman–Crippen LogP) is 5.03. The second-order valence-corrected chi connectivity index (χ2v) is 9.15. The summed E-state index contributed by atoms with van der Waals surface area (Å²) in [7, 11) is 1.61. The van der Waals surface area contributed by atoms with Crippen LogP contribution in [0.25, 0.3) is 10.9 Å². The highest BCUT2D eigenvalue weighted by Gasteiger charge is 2.17. The first-order valence-corrected chi connectivity index (χ1v) is 13.0. The van der Waals surface area contributed by atoms with Crippen molar-refractivity contribution in [1.29, 1.82) is 10.8 Å². The number of nitrogens with one attached hydrogen (secondary N) is 4. The van der Waals surface area contributed by atoms with E-state index in [9.17, 15) is 4.79 Å². The summed E-state index contributed by atoms with van der Waals surface area (Å²) < 4.78 is 5.19. The lowest BCUT2D eigenvalue weighted by atomic mass is 10.1. The van der Waals surface area contributed by atoms with Gasteiger partial charge in [0.1, 0.15) is 17.4 Å². The van der Waals surface area contributed by atoms with E-state index in [2.05, 4.69) is 35.4 Å². The van der Waals surface area contributed by atoms with Gasteiger partial charge in [-0.15, -0.1) is 0 Å². The highest BCUT2D eigenvalue weighted by molar-refractivity contribution is 6.00. The smallest absolute Gasteiger partial charge is 0.221 e. The summed E-state index contributed by atoms with van der Waals surface area (Å²) in [5.74, 6) is 1.06. The van der Waals surface area contributed by atoms with Crippen LogP contribution in [0.3, 0.4) is 0 Å². The van der Waals surface area contributed by atoms with Crippen LogP contribution in [0, 0.1) is 17.7 Å². The summed E-state index contributed by atoms with van der Waals surface area (Å²) in [6.45, 7) is 2.81. The average molecular weight is 527 g/mol. The fourth-order valence-corrected chi connectivity index (χ4v) is 4.02. The van der Waals surface area contributed by atoms with Gasteiger partial charge in [0.25, 0.3) is 0 Å². The van der Waals surface area contributed by atoms with Crippen molar-refractivity contribution in [1.82, 2.24) is 15.2 Å². The van der Waals surface area contributed by atoms with Gasteiger partial charge in [0.15, 0.2) is 0 Å². The van der Waals surface area contributed by atoms with Crippen LogP contribution in [-0.2, 0) is 17.8 Å². The minimum Gasteiger partial charge on any atom is -0.497 e. The molecular weight excluding hydrogens is 488 g/mol. The topological polar surface area (TPSA) is 131 Å². The van der Waals surface area contributed by atoms with Crippen molar-refractivity contribution in [3.8, 4) is 5.75 Å². The maximum absolute atomic E-state index is 11.7. The van der Waals surface area contributed by atoms with Gasteiger partial charge in [-0.25, -0.2) is 0 Å². The number of nitrogens with two attached hydrogens (primary N) is 1. The van der Waals surface area contributed by atoms with Crippen LogP contribution in [0.1, 0.15) is 29.5 Å². The summed E-state index contributed by atoms with van der Waals surface area (Å²) in [5, 5.41) is 21.0. The second kappa shape index (κ2) is 15.1. The van der Waals surface area contributed by atoms with Crippen LogP contribution in [0.2, 0.25) is 0 Å².